The maximum Gasteiger partial charge on any atom is 0.418 e. The van der Waals surface area contributed by atoms with E-state index in [2.05, 4.69) is 10.3 Å². The molecule has 7 nitrogen and oxygen atoms in total. The fraction of sp³-hybridized carbons (Fsp3) is 0.148. The SMILES string of the molecule is Cc1ccc(N2C(=O)/C(=C/c3ccc4c(c3)OCO4)N=C2SCC(=O)Nc2ccccc2C(F)(F)F)cc1. The molecule has 0 aromatic heterocycles. The topological polar surface area (TPSA) is 80.2 Å². The number of aliphatic imine (C=N–C) groups is 1. The monoisotopic (exact) mass is 539 g/mol. The summed E-state index contributed by atoms with van der Waals surface area (Å²) in [6, 6.07) is 17.1. The number of thioether (sulfide) groups is 1. The number of amides is 2. The minimum absolute atomic E-state index is 0.115. The molecule has 0 saturated heterocycles. The first-order valence-corrected chi connectivity index (χ1v) is 12.4. The van der Waals surface area contributed by atoms with Gasteiger partial charge < -0.3 is 14.8 Å². The second-order valence-electron chi connectivity index (χ2n) is 8.39. The standard InChI is InChI=1S/C27H20F3N3O4S/c1-16-6-9-18(10-7-16)33-25(35)21(12-17-8-11-22-23(13-17)37-15-36-22)32-26(33)38-14-24(34)31-20-5-3-2-4-19(20)27(28,29)30/h2-13H,14-15H2,1H3,(H,31,34)/b21-12-. The van der Waals surface area contributed by atoms with E-state index in [0.29, 0.717) is 22.7 Å². The molecular weight excluding hydrogens is 519 g/mol. The molecule has 1 N–H and O–H groups in total. The third-order valence-corrected chi connectivity index (χ3v) is 6.60. The minimum atomic E-state index is -4.62. The van der Waals surface area contributed by atoms with Crippen molar-refractivity contribution in [1.82, 2.24) is 0 Å². The van der Waals surface area contributed by atoms with Gasteiger partial charge >= 0.3 is 6.18 Å². The van der Waals surface area contributed by atoms with Gasteiger partial charge in [-0.2, -0.15) is 13.2 Å². The number of aryl methyl sites for hydroxylation is 1. The number of carbonyl (C=O) groups excluding carboxylic acids is 2. The lowest BCUT2D eigenvalue weighted by molar-refractivity contribution is -0.137. The van der Waals surface area contributed by atoms with Gasteiger partial charge in [0.2, 0.25) is 12.7 Å². The fourth-order valence-electron chi connectivity index (χ4n) is 3.83. The lowest BCUT2D eigenvalue weighted by Gasteiger charge is -2.18. The van der Waals surface area contributed by atoms with Crippen LogP contribution in [0.4, 0.5) is 24.5 Å². The molecule has 2 amide bonds. The molecule has 0 aliphatic carbocycles. The zero-order valence-electron chi connectivity index (χ0n) is 19.9. The van der Waals surface area contributed by atoms with Gasteiger partial charge in [0, 0.05) is 0 Å². The van der Waals surface area contributed by atoms with E-state index in [-0.39, 0.29) is 29.1 Å². The van der Waals surface area contributed by atoms with Crippen LogP contribution in [0.5, 0.6) is 11.5 Å². The first-order chi connectivity index (χ1) is 18.2. The highest BCUT2D eigenvalue weighted by Gasteiger charge is 2.35. The zero-order chi connectivity index (χ0) is 26.9. The van der Waals surface area contributed by atoms with Crippen LogP contribution < -0.4 is 19.7 Å². The normalized spacial score (nSPS) is 15.7. The lowest BCUT2D eigenvalue weighted by atomic mass is 10.1. The molecule has 2 aliphatic rings. The molecular formula is C27H20F3N3O4S. The molecule has 2 heterocycles. The van der Waals surface area contributed by atoms with Crippen LogP contribution in [0.2, 0.25) is 0 Å². The molecule has 3 aromatic carbocycles. The van der Waals surface area contributed by atoms with Crippen molar-refractivity contribution >= 4 is 46.2 Å². The summed E-state index contributed by atoms with van der Waals surface area (Å²) in [6.45, 7) is 2.03. The number of amidine groups is 1. The summed E-state index contributed by atoms with van der Waals surface area (Å²) in [7, 11) is 0. The Morgan fingerprint density at radius 2 is 1.82 bits per heavy atom. The van der Waals surface area contributed by atoms with Crippen molar-refractivity contribution in [2.45, 2.75) is 13.1 Å². The van der Waals surface area contributed by atoms with Crippen molar-refractivity contribution in [1.29, 1.82) is 0 Å². The number of benzene rings is 3. The molecule has 2 aliphatic heterocycles. The van der Waals surface area contributed by atoms with Crippen LogP contribution >= 0.6 is 11.8 Å². The number of anilines is 2. The van der Waals surface area contributed by atoms with E-state index in [1.165, 1.54) is 23.1 Å². The molecule has 0 fully saturated rings. The third-order valence-electron chi connectivity index (χ3n) is 5.66. The van der Waals surface area contributed by atoms with Crippen LogP contribution in [0.3, 0.4) is 0 Å². The predicted molar refractivity (Wildman–Crippen MR) is 139 cm³/mol. The van der Waals surface area contributed by atoms with Gasteiger partial charge in [-0.05, 0) is 55.0 Å². The van der Waals surface area contributed by atoms with Crippen LogP contribution in [-0.2, 0) is 15.8 Å². The summed E-state index contributed by atoms with van der Waals surface area (Å²) >= 11 is 0.946. The number of carbonyl (C=O) groups is 2. The molecule has 0 spiro atoms. The Hall–Kier alpha value is -4.25. The van der Waals surface area contributed by atoms with Crippen molar-refractivity contribution in [3.8, 4) is 11.5 Å². The average molecular weight is 540 g/mol. The maximum atomic E-state index is 13.4. The fourth-order valence-corrected chi connectivity index (χ4v) is 4.64. The first kappa shape index (κ1) is 25.4. The highest BCUT2D eigenvalue weighted by molar-refractivity contribution is 8.14. The number of ether oxygens (including phenoxy) is 2. The van der Waals surface area contributed by atoms with Crippen molar-refractivity contribution in [3.63, 3.8) is 0 Å². The Morgan fingerprint density at radius 3 is 2.58 bits per heavy atom. The number of alkyl halides is 3. The summed E-state index contributed by atoms with van der Waals surface area (Å²) in [5.41, 5.74) is 1.05. The van der Waals surface area contributed by atoms with Crippen LogP contribution in [-0.4, -0.2) is 29.5 Å². The van der Waals surface area contributed by atoms with E-state index in [4.69, 9.17) is 9.47 Å². The van der Waals surface area contributed by atoms with E-state index in [9.17, 15) is 22.8 Å². The van der Waals surface area contributed by atoms with Crippen molar-refractivity contribution in [3.05, 3.63) is 89.1 Å². The van der Waals surface area contributed by atoms with Gasteiger partial charge in [0.1, 0.15) is 5.70 Å². The molecule has 3 aromatic rings. The highest BCUT2D eigenvalue weighted by atomic mass is 32.2. The lowest BCUT2D eigenvalue weighted by Crippen LogP contribution is -2.31. The minimum Gasteiger partial charge on any atom is -0.454 e. The van der Waals surface area contributed by atoms with Gasteiger partial charge in [0.05, 0.1) is 22.7 Å². The zero-order valence-corrected chi connectivity index (χ0v) is 20.7. The second kappa shape index (κ2) is 10.3. The van der Waals surface area contributed by atoms with E-state index in [1.807, 2.05) is 19.1 Å². The van der Waals surface area contributed by atoms with E-state index in [0.717, 1.165) is 23.4 Å². The van der Waals surface area contributed by atoms with Gasteiger partial charge in [0.15, 0.2) is 16.7 Å². The van der Waals surface area contributed by atoms with Gasteiger partial charge in [-0.25, -0.2) is 4.99 Å². The Bertz CT molecular complexity index is 1470. The van der Waals surface area contributed by atoms with Crippen molar-refractivity contribution < 1.29 is 32.2 Å². The number of hydrogen-bond donors (Lipinski definition) is 1. The number of nitrogens with zero attached hydrogens (tertiary/aromatic N) is 2. The van der Waals surface area contributed by atoms with Crippen molar-refractivity contribution in [2.24, 2.45) is 4.99 Å². The summed E-state index contributed by atoms with van der Waals surface area (Å²) in [6.07, 6.45) is -3.02. The number of fused-ring (bicyclic) bond motifs is 1. The van der Waals surface area contributed by atoms with Gasteiger partial charge in [0.25, 0.3) is 5.91 Å². The number of rotatable bonds is 5. The van der Waals surface area contributed by atoms with Crippen LogP contribution in [0.15, 0.2) is 77.4 Å². The molecule has 0 atom stereocenters. The van der Waals surface area contributed by atoms with E-state index >= 15 is 0 Å². The number of nitrogens with one attached hydrogen (secondary N) is 1. The Morgan fingerprint density at radius 1 is 1.08 bits per heavy atom. The number of halogens is 3. The van der Waals surface area contributed by atoms with Crippen molar-refractivity contribution in [2.75, 3.05) is 22.8 Å². The smallest absolute Gasteiger partial charge is 0.418 e. The van der Waals surface area contributed by atoms with E-state index in [1.54, 1.807) is 36.4 Å². The van der Waals surface area contributed by atoms with Crippen LogP contribution in [0.25, 0.3) is 6.08 Å². The maximum absolute atomic E-state index is 13.4. The molecule has 0 radical (unpaired) electrons. The Balaban J connectivity index is 1.39. The van der Waals surface area contributed by atoms with Crippen LogP contribution in [0.1, 0.15) is 16.7 Å². The number of hydrogen-bond acceptors (Lipinski definition) is 6. The molecule has 38 heavy (non-hydrogen) atoms. The molecule has 194 valence electrons. The molecule has 0 unspecified atom stereocenters. The Labute approximate surface area is 220 Å². The molecule has 5 rings (SSSR count). The summed E-state index contributed by atoms with van der Waals surface area (Å²) < 4.78 is 50.6. The van der Waals surface area contributed by atoms with Gasteiger partial charge in [-0.15, -0.1) is 0 Å². The van der Waals surface area contributed by atoms with Crippen LogP contribution in [0, 0.1) is 6.92 Å². The highest BCUT2D eigenvalue weighted by Crippen LogP contribution is 2.36. The summed E-state index contributed by atoms with van der Waals surface area (Å²) in [4.78, 5) is 31.8. The largest absolute Gasteiger partial charge is 0.454 e. The third kappa shape index (κ3) is 5.37. The van der Waals surface area contributed by atoms with Gasteiger partial charge in [-0.3, -0.25) is 14.5 Å². The molecule has 11 heteroatoms. The van der Waals surface area contributed by atoms with E-state index < -0.39 is 23.6 Å². The molecule has 0 bridgehead atoms. The summed E-state index contributed by atoms with van der Waals surface area (Å²) in [5, 5.41) is 2.54. The second-order valence-corrected chi connectivity index (χ2v) is 9.34. The predicted octanol–water partition coefficient (Wildman–Crippen LogP) is 5.86. The Kier molecular flexibility index (Phi) is 6.85. The quantitative estimate of drug-likeness (QED) is 0.411. The molecule has 0 saturated carbocycles. The number of para-hydroxylation sites is 1. The van der Waals surface area contributed by atoms with Gasteiger partial charge in [-0.1, -0.05) is 47.7 Å². The first-order valence-electron chi connectivity index (χ1n) is 11.4. The average Bonchev–Trinajstić information content (AvgIpc) is 3.47. The summed E-state index contributed by atoms with van der Waals surface area (Å²) in [5.74, 6) is -0.188.